The van der Waals surface area contributed by atoms with Crippen molar-refractivity contribution in [3.8, 4) is 0 Å². The Morgan fingerprint density at radius 2 is 0.310 bits per heavy atom. The van der Waals surface area contributed by atoms with E-state index in [0.717, 1.165) is 0 Å². The summed E-state index contributed by atoms with van der Waals surface area (Å²) in [5.41, 5.74) is -0.884. The molecule has 0 radical (unpaired) electrons. The van der Waals surface area contributed by atoms with Gasteiger partial charge in [-0.15, -0.1) is 0 Å². The first-order valence-electron chi connectivity index (χ1n) is 30.7. The molecule has 0 aromatic carbocycles. The molecule has 0 spiro atoms. The third kappa shape index (κ3) is 22.3. The standard InChI is InChI=1S/C44H112O24Si16/c1-69(2,33-17-25-45)53-77-41-78(54-70(3,4)34-18-26-46)62-81(57-73(9,10)37-21-29-49)42-79(61-77,55-71(5,6)35-19-27-47)67-82(58-74(11,12)38-22-30-50)43-80(65-77,56-72(7,8)36-20-28-48)63-83(66-78,59-75(13,14)39-23-31-51)44-84(64-82,68-81)60-76(15,16)40-24-32-52/h45-52H,17-44H2,1-16H3. The third-order valence-electron chi connectivity index (χ3n) is 15.2. The van der Waals surface area contributed by atoms with E-state index in [0.29, 0.717) is 99.7 Å². The molecule has 40 heteroatoms. The van der Waals surface area contributed by atoms with Crippen molar-refractivity contribution < 1.29 is 107 Å². The number of aliphatic hydroxyl groups excluding tert-OH is 8. The van der Waals surface area contributed by atoms with Crippen LogP contribution in [0.5, 0.6) is 0 Å². The normalized spacial score (nSPS) is 31.7. The van der Waals surface area contributed by atoms with Gasteiger partial charge in [0.05, 0.1) is 22.7 Å². The molecule has 0 aliphatic carbocycles. The molecule has 8 N–H and O–H groups in total. The summed E-state index contributed by atoms with van der Waals surface area (Å²) in [6.45, 7) is 32.3. The molecule has 0 atom stereocenters. The predicted octanol–water partition coefficient (Wildman–Crippen LogP) is 6.69. The second kappa shape index (κ2) is 30.1. The highest BCUT2D eigenvalue weighted by Gasteiger charge is 2.87. The maximum atomic E-state index is 10.5. The molecule has 0 unspecified atom stereocenters. The highest BCUT2D eigenvalue weighted by Crippen LogP contribution is 2.58. The van der Waals surface area contributed by atoms with E-state index in [1.54, 1.807) is 0 Å². The molecule has 0 aromatic rings. The molecule has 0 amide bonds. The van der Waals surface area contributed by atoms with Crippen LogP contribution in [0, 0.1) is 0 Å². The van der Waals surface area contributed by atoms with E-state index in [-0.39, 0.29) is 75.5 Å². The van der Waals surface area contributed by atoms with Gasteiger partial charge in [-0.05, 0) is 204 Å². The molecular weight excluding hydrogens is 1360 g/mol. The minimum absolute atomic E-state index is 0.0911. The fourth-order valence-electron chi connectivity index (χ4n) is 12.1. The predicted molar refractivity (Wildman–Crippen MR) is 355 cm³/mol. The summed E-state index contributed by atoms with van der Waals surface area (Å²) in [6.07, 6.45) is 3.36. The van der Waals surface area contributed by atoms with Crippen LogP contribution in [0.3, 0.4) is 0 Å². The average Bonchev–Trinajstić information content (AvgIpc) is 3.30. The average molecular weight is 1470 g/mol. The van der Waals surface area contributed by atoms with Crippen LogP contribution in [0.15, 0.2) is 0 Å². The zero-order valence-corrected chi connectivity index (χ0v) is 69.9. The summed E-state index contributed by atoms with van der Waals surface area (Å²) in [7, 11) is -62.9. The van der Waals surface area contributed by atoms with E-state index in [1.165, 1.54) is 0 Å². The zero-order chi connectivity index (χ0) is 63.1. The van der Waals surface area contributed by atoms with Gasteiger partial charge in [-0.1, -0.05) is 0 Å². The Hall–Kier alpha value is 2.51. The summed E-state index contributed by atoms with van der Waals surface area (Å²) >= 11 is 0. The van der Waals surface area contributed by atoms with Gasteiger partial charge in [0.1, 0.15) is 0 Å². The maximum absolute atomic E-state index is 10.5. The van der Waals surface area contributed by atoms with E-state index < -0.39 is 137 Å². The van der Waals surface area contributed by atoms with Crippen molar-refractivity contribution >= 4 is 137 Å². The minimum atomic E-state index is -4.76. The molecule has 0 aromatic heterocycles. The molecule has 24 nitrogen and oxygen atoms in total. The van der Waals surface area contributed by atoms with Crippen LogP contribution >= 0.6 is 0 Å². The third-order valence-corrected chi connectivity index (χ3v) is 89.0. The molecule has 6 aliphatic heterocycles. The Bertz CT molecular complexity index is 1580. The first kappa shape index (κ1) is 77.2. The fourth-order valence-corrected chi connectivity index (χ4v) is 110. The van der Waals surface area contributed by atoms with Crippen molar-refractivity contribution in [3.63, 3.8) is 0 Å². The molecule has 6 fully saturated rings. The molecule has 6 saturated heterocycles. The topological polar surface area (TPSA) is 310 Å². The lowest BCUT2D eigenvalue weighted by Crippen LogP contribution is -2.90. The van der Waals surface area contributed by atoms with Gasteiger partial charge in [0.2, 0.25) is 0 Å². The second-order valence-corrected chi connectivity index (χ2v) is 90.3. The van der Waals surface area contributed by atoms with Crippen LogP contribution in [-0.4, -0.2) is 231 Å². The van der Waals surface area contributed by atoms with Gasteiger partial charge in [0.25, 0.3) is 0 Å². The van der Waals surface area contributed by atoms with Crippen molar-refractivity contribution in [2.45, 2.75) is 227 Å². The largest absolute Gasteiger partial charge is 0.480 e. The van der Waals surface area contributed by atoms with Crippen molar-refractivity contribution in [2.75, 3.05) is 52.9 Å². The monoisotopic (exact) mass is 1470 g/mol. The van der Waals surface area contributed by atoms with E-state index in [2.05, 4.69) is 105 Å². The Morgan fingerprint density at radius 3 is 0.393 bits per heavy atom. The van der Waals surface area contributed by atoms with Gasteiger partial charge in [-0.25, -0.2) is 0 Å². The van der Waals surface area contributed by atoms with Crippen LogP contribution in [0.25, 0.3) is 0 Å². The fraction of sp³-hybridized carbons (Fsp3) is 1.00. The summed E-state index contributed by atoms with van der Waals surface area (Å²) in [5.74, 6) is 0. The van der Waals surface area contributed by atoms with Gasteiger partial charge in [0.15, 0.2) is 66.5 Å². The molecular formula is C44H112O24Si16. The van der Waals surface area contributed by atoms with Crippen LogP contribution < -0.4 is 0 Å². The summed E-state index contributed by atoms with van der Waals surface area (Å²) < 4.78 is 130. The van der Waals surface area contributed by atoms with E-state index >= 15 is 0 Å². The molecule has 6 aliphatic rings. The van der Waals surface area contributed by atoms with Crippen molar-refractivity contribution in [3.05, 3.63) is 0 Å². The number of aliphatic hydroxyl groups is 8. The van der Waals surface area contributed by atoms with Crippen LogP contribution in [0.4, 0.5) is 0 Å². The maximum Gasteiger partial charge on any atom is 0.480 e. The molecule has 0 saturated carbocycles. The van der Waals surface area contributed by atoms with Crippen LogP contribution in [-0.2, 0) is 65.8 Å². The Morgan fingerprint density at radius 1 is 0.214 bits per heavy atom. The SMILES string of the molecule is C[Si](C)(CCCO)O[Si]12C[Si]3(O[Si](C)(C)CCCO)O[Si]4(O[Si](C)(C)CCCO)C[Si]5(O[Si](C)(C)CCCO)O[Si](O[Si](C)(C)CCCO)(C[Si](O[Si](C)(C)CCCO)(O1)O4)O[Si](O[Si](C)(C)CCCO)(C[Si](O[Si](C)(C)CCCO)(O3)O5)O2. The minimum Gasteiger partial charge on any atom is -0.416 e. The van der Waals surface area contributed by atoms with Gasteiger partial charge in [0, 0.05) is 52.9 Å². The lowest BCUT2D eigenvalue weighted by molar-refractivity contribution is 0.0351. The highest BCUT2D eigenvalue weighted by atomic mass is 28.6. The smallest absolute Gasteiger partial charge is 0.416 e. The number of rotatable bonds is 40. The molecule has 496 valence electrons. The summed E-state index contributed by atoms with van der Waals surface area (Å²) in [4.78, 5) is 0. The first-order chi connectivity index (χ1) is 38.6. The molecule has 6 heterocycles. The van der Waals surface area contributed by atoms with Crippen LogP contribution in [0.2, 0.25) is 176 Å². The van der Waals surface area contributed by atoms with E-state index in [4.69, 9.17) is 65.8 Å². The van der Waals surface area contributed by atoms with E-state index in [1.807, 2.05) is 0 Å². The summed E-state index contributed by atoms with van der Waals surface area (Å²) in [5, 5.41) is 83.7. The van der Waals surface area contributed by atoms with E-state index in [9.17, 15) is 40.9 Å². The van der Waals surface area contributed by atoms with Gasteiger partial charge >= 0.3 is 70.4 Å². The second-order valence-electron chi connectivity index (χ2n) is 28.5. The van der Waals surface area contributed by atoms with Gasteiger partial charge in [-0.3, -0.25) is 0 Å². The molecule has 84 heavy (non-hydrogen) atoms. The zero-order valence-electron chi connectivity index (χ0n) is 53.9. The van der Waals surface area contributed by atoms with Crippen molar-refractivity contribution in [1.29, 1.82) is 0 Å². The first-order valence-corrected chi connectivity index (χ1v) is 71.1. The van der Waals surface area contributed by atoms with Crippen molar-refractivity contribution in [2.24, 2.45) is 0 Å². The number of hydrogen-bond donors (Lipinski definition) is 8. The molecule has 6 rings (SSSR count). The Balaban J connectivity index is 2.18. The quantitative estimate of drug-likeness (QED) is 0.0296. The lowest BCUT2D eigenvalue weighted by Gasteiger charge is -2.64. The summed E-state index contributed by atoms with van der Waals surface area (Å²) in [6, 6.07) is 3.87. The Kier molecular flexibility index (Phi) is 27.6. The van der Waals surface area contributed by atoms with Gasteiger partial charge < -0.3 is 107 Å². The molecule has 8 bridgehead atoms. The highest BCUT2D eigenvalue weighted by molar-refractivity contribution is 7.13. The van der Waals surface area contributed by atoms with Crippen molar-refractivity contribution in [1.82, 2.24) is 0 Å². The Labute approximate surface area is 520 Å². The lowest BCUT2D eigenvalue weighted by atomic mass is 10.5. The van der Waals surface area contributed by atoms with Gasteiger partial charge in [-0.2, -0.15) is 0 Å². The number of hydrogen-bond acceptors (Lipinski definition) is 24. The van der Waals surface area contributed by atoms with Crippen LogP contribution in [0.1, 0.15) is 51.4 Å².